The molecule has 0 saturated carbocycles. The van der Waals surface area contributed by atoms with E-state index in [9.17, 15) is 9.90 Å². The fourth-order valence-electron chi connectivity index (χ4n) is 2.08. The average molecular weight is 243 g/mol. The number of nitrogens with one attached hydrogen (secondary N) is 4. The van der Waals surface area contributed by atoms with Crippen molar-refractivity contribution in [2.45, 2.75) is 0 Å². The first-order chi connectivity index (χ1) is 8.72. The van der Waals surface area contributed by atoms with Gasteiger partial charge in [0, 0.05) is 10.8 Å². The first-order valence-electron chi connectivity index (χ1n) is 5.20. The molecule has 0 atom stereocenters. The summed E-state index contributed by atoms with van der Waals surface area (Å²) in [5.41, 5.74) is 7.78. The van der Waals surface area contributed by atoms with Crippen LogP contribution in [-0.2, 0) is 0 Å². The van der Waals surface area contributed by atoms with Gasteiger partial charge in [0.1, 0.15) is 11.6 Å². The van der Waals surface area contributed by atoms with Gasteiger partial charge in [-0.25, -0.2) is 4.79 Å². The number of aromatic amines is 2. The van der Waals surface area contributed by atoms with Crippen LogP contribution < -0.4 is 5.32 Å². The summed E-state index contributed by atoms with van der Waals surface area (Å²) in [6, 6.07) is 6.53. The summed E-state index contributed by atoms with van der Waals surface area (Å²) in [6.45, 7) is 0. The quantitative estimate of drug-likeness (QED) is 0.422. The lowest BCUT2D eigenvalue weighted by Gasteiger charge is -1.98. The molecule has 3 rings (SSSR count). The second-order valence-electron chi connectivity index (χ2n) is 3.81. The molecule has 1 aliphatic heterocycles. The van der Waals surface area contributed by atoms with E-state index in [1.165, 1.54) is 0 Å². The number of carbonyl (C=O) groups excluding carboxylic acids is 1. The summed E-state index contributed by atoms with van der Waals surface area (Å²) >= 11 is 0. The van der Waals surface area contributed by atoms with Crippen molar-refractivity contribution in [2.75, 3.05) is 5.32 Å². The Labute approximate surface area is 101 Å². The van der Waals surface area contributed by atoms with Gasteiger partial charge in [-0.05, 0) is 0 Å². The van der Waals surface area contributed by atoms with Crippen molar-refractivity contribution in [2.24, 2.45) is 5.11 Å². The Hall–Kier alpha value is -2.83. The largest absolute Gasteiger partial charge is 0.506 e. The molecule has 90 valence electrons. The van der Waals surface area contributed by atoms with E-state index >= 15 is 0 Å². The number of rotatable bonds is 1. The molecule has 1 aliphatic carbocycles. The number of aromatic nitrogens is 2. The standard InChI is InChI=1S/C11H9N5O2/c12-14-11(18)13-10-7-8(15-16-10)5-3-1-2-4-6(5)9(7)17/h1-4,12,15-17H,(H,13,18). The maximum absolute atomic E-state index is 11.1. The molecule has 1 heterocycles. The summed E-state index contributed by atoms with van der Waals surface area (Å²) < 4.78 is 0. The summed E-state index contributed by atoms with van der Waals surface area (Å²) in [4.78, 5) is 11.1. The molecule has 7 heteroatoms. The molecule has 0 unspecified atom stereocenters. The van der Waals surface area contributed by atoms with Gasteiger partial charge in [-0.1, -0.05) is 29.4 Å². The van der Waals surface area contributed by atoms with Crippen molar-refractivity contribution in [1.29, 1.82) is 5.53 Å². The number of fused-ring (bicyclic) bond motifs is 3. The van der Waals surface area contributed by atoms with Crippen LogP contribution in [0.4, 0.5) is 10.6 Å². The molecule has 0 fully saturated rings. The Morgan fingerprint density at radius 2 is 2.00 bits per heavy atom. The number of hydrogen-bond acceptors (Lipinski definition) is 3. The highest BCUT2D eigenvalue weighted by Gasteiger charge is 2.23. The number of hydrogen-bond donors (Lipinski definition) is 5. The molecule has 7 nitrogen and oxygen atoms in total. The lowest BCUT2D eigenvalue weighted by Crippen LogP contribution is -2.05. The minimum atomic E-state index is -0.809. The maximum atomic E-state index is 11.1. The number of aromatic hydroxyl groups is 1. The van der Waals surface area contributed by atoms with Crippen LogP contribution in [0.3, 0.4) is 0 Å². The number of H-pyrrole nitrogens is 2. The highest BCUT2D eigenvalue weighted by molar-refractivity contribution is 6.11. The van der Waals surface area contributed by atoms with Crippen LogP contribution in [0, 0.1) is 5.53 Å². The van der Waals surface area contributed by atoms with Gasteiger partial charge in [0.2, 0.25) is 0 Å². The van der Waals surface area contributed by atoms with Gasteiger partial charge in [0.25, 0.3) is 0 Å². The summed E-state index contributed by atoms with van der Waals surface area (Å²) in [6.07, 6.45) is 0. The van der Waals surface area contributed by atoms with Crippen LogP contribution in [0.1, 0.15) is 0 Å². The van der Waals surface area contributed by atoms with E-state index in [0.717, 1.165) is 5.39 Å². The van der Waals surface area contributed by atoms with Crippen LogP contribution in [0.25, 0.3) is 22.0 Å². The topological polar surface area (TPSA) is 117 Å². The van der Waals surface area contributed by atoms with E-state index in [2.05, 4.69) is 20.6 Å². The van der Waals surface area contributed by atoms with Crippen LogP contribution >= 0.6 is 0 Å². The van der Waals surface area contributed by atoms with Gasteiger partial charge < -0.3 is 5.11 Å². The number of amides is 2. The van der Waals surface area contributed by atoms with Gasteiger partial charge in [-0.2, -0.15) is 5.53 Å². The average Bonchev–Trinajstić information content (AvgIpc) is 2.92. The number of carbonyl (C=O) groups is 1. The van der Waals surface area contributed by atoms with E-state index < -0.39 is 6.03 Å². The first kappa shape index (κ1) is 10.3. The smallest absolute Gasteiger partial charge is 0.364 e. The summed E-state index contributed by atoms with van der Waals surface area (Å²) in [7, 11) is 0. The maximum Gasteiger partial charge on any atom is 0.364 e. The normalized spacial score (nSPS) is 10.9. The van der Waals surface area contributed by atoms with Gasteiger partial charge in [-0.3, -0.25) is 15.5 Å². The van der Waals surface area contributed by atoms with Gasteiger partial charge in [-0.15, -0.1) is 0 Å². The van der Waals surface area contributed by atoms with Crippen molar-refractivity contribution in [3.63, 3.8) is 0 Å². The Morgan fingerprint density at radius 1 is 1.28 bits per heavy atom. The number of urea groups is 1. The molecular formula is C11H9N5O2. The van der Waals surface area contributed by atoms with Crippen LogP contribution in [0.15, 0.2) is 29.4 Å². The Morgan fingerprint density at radius 3 is 2.72 bits per heavy atom. The molecule has 2 amide bonds. The third kappa shape index (κ3) is 1.27. The molecule has 18 heavy (non-hydrogen) atoms. The Kier molecular flexibility index (Phi) is 2.06. The Bertz CT molecular complexity index is 726. The van der Waals surface area contributed by atoms with Crippen molar-refractivity contribution in [1.82, 2.24) is 10.2 Å². The lowest BCUT2D eigenvalue weighted by molar-refractivity contribution is 0.257. The van der Waals surface area contributed by atoms with Gasteiger partial charge >= 0.3 is 6.03 Å². The van der Waals surface area contributed by atoms with Gasteiger partial charge in [0.05, 0.1) is 11.3 Å². The third-order valence-corrected chi connectivity index (χ3v) is 2.83. The van der Waals surface area contributed by atoms with Crippen molar-refractivity contribution >= 4 is 22.6 Å². The number of nitrogens with zero attached hydrogens (tertiary/aromatic N) is 1. The fraction of sp³-hybridized carbons (Fsp3) is 0. The zero-order valence-corrected chi connectivity index (χ0v) is 9.11. The zero-order chi connectivity index (χ0) is 12.7. The number of anilines is 1. The fourth-order valence-corrected chi connectivity index (χ4v) is 2.08. The molecular weight excluding hydrogens is 234 g/mol. The zero-order valence-electron chi connectivity index (χ0n) is 9.11. The lowest BCUT2D eigenvalue weighted by atomic mass is 10.2. The van der Waals surface area contributed by atoms with E-state index in [1.54, 1.807) is 6.07 Å². The predicted octanol–water partition coefficient (Wildman–Crippen LogP) is 2.87. The van der Waals surface area contributed by atoms with Crippen LogP contribution in [0.2, 0.25) is 0 Å². The third-order valence-electron chi connectivity index (χ3n) is 2.83. The SMILES string of the molecule is N=NC(=O)Nc1[nH][nH]c2c3ccccc3c(O)c1-2. The van der Waals surface area contributed by atoms with Crippen LogP contribution in [-0.4, -0.2) is 21.3 Å². The summed E-state index contributed by atoms with van der Waals surface area (Å²) in [5.74, 6) is 0.373. The van der Waals surface area contributed by atoms with Gasteiger partial charge in [0.15, 0.2) is 0 Å². The predicted molar refractivity (Wildman–Crippen MR) is 65.1 cm³/mol. The summed E-state index contributed by atoms with van der Waals surface area (Å²) in [5, 5.41) is 22.4. The minimum absolute atomic E-state index is 0.0818. The Balaban J connectivity index is 2.23. The number of benzene rings is 1. The first-order valence-corrected chi connectivity index (χ1v) is 5.20. The van der Waals surface area contributed by atoms with E-state index in [-0.39, 0.29) is 5.75 Å². The molecule has 0 saturated heterocycles. The molecule has 2 aliphatic rings. The molecule has 0 spiro atoms. The van der Waals surface area contributed by atoms with Crippen molar-refractivity contribution in [3.05, 3.63) is 24.3 Å². The van der Waals surface area contributed by atoms with E-state index in [0.29, 0.717) is 22.5 Å². The highest BCUT2D eigenvalue weighted by Crippen LogP contribution is 2.46. The molecule has 0 radical (unpaired) electrons. The molecule has 0 bridgehead atoms. The van der Waals surface area contributed by atoms with Crippen molar-refractivity contribution < 1.29 is 9.90 Å². The van der Waals surface area contributed by atoms with E-state index in [4.69, 9.17) is 5.53 Å². The molecule has 5 N–H and O–H groups in total. The van der Waals surface area contributed by atoms with Crippen molar-refractivity contribution in [3.8, 4) is 17.0 Å². The highest BCUT2D eigenvalue weighted by atomic mass is 16.3. The molecule has 1 aromatic carbocycles. The second kappa shape index (κ2) is 3.59. The molecule has 0 aromatic heterocycles. The van der Waals surface area contributed by atoms with E-state index in [1.807, 2.05) is 18.2 Å². The minimum Gasteiger partial charge on any atom is -0.506 e. The molecule has 1 aromatic rings. The monoisotopic (exact) mass is 243 g/mol. The van der Waals surface area contributed by atoms with Crippen LogP contribution in [0.5, 0.6) is 5.75 Å². The second-order valence-corrected chi connectivity index (χ2v) is 3.81.